The number of rotatable bonds is 5. The number of piperazine rings is 1. The molecule has 0 aliphatic carbocycles. The summed E-state index contributed by atoms with van der Waals surface area (Å²) in [5, 5.41) is 11.3. The van der Waals surface area contributed by atoms with E-state index in [4.69, 9.17) is 5.11 Å². The Balaban J connectivity index is 1.63. The van der Waals surface area contributed by atoms with Crippen LogP contribution in [0.4, 0.5) is 14.6 Å². The van der Waals surface area contributed by atoms with Crippen molar-refractivity contribution in [1.29, 1.82) is 0 Å². The van der Waals surface area contributed by atoms with Crippen molar-refractivity contribution in [1.82, 2.24) is 19.9 Å². The molecule has 3 rings (SSSR count). The molecule has 2 aromatic heterocycles. The Morgan fingerprint density at radius 3 is 2.61 bits per heavy atom. The highest BCUT2D eigenvalue weighted by atomic mass is 32.1. The molecule has 0 aromatic carbocycles. The molecule has 0 saturated carbocycles. The van der Waals surface area contributed by atoms with Crippen LogP contribution in [0.25, 0.3) is 10.8 Å². The van der Waals surface area contributed by atoms with Gasteiger partial charge in [0.2, 0.25) is 0 Å². The summed E-state index contributed by atoms with van der Waals surface area (Å²) in [6, 6.07) is 1.81. The van der Waals surface area contributed by atoms with Gasteiger partial charge in [-0.1, -0.05) is 0 Å². The summed E-state index contributed by atoms with van der Waals surface area (Å²) in [4.78, 5) is 16.6. The van der Waals surface area contributed by atoms with Gasteiger partial charge in [-0.3, -0.25) is 4.90 Å². The second-order valence-corrected chi connectivity index (χ2v) is 6.25. The maximum atomic E-state index is 13.2. The largest absolute Gasteiger partial charge is 0.390 e. The number of thiazole rings is 1. The average Bonchev–Trinajstić information content (AvgIpc) is 3.10. The zero-order chi connectivity index (χ0) is 16.3. The molecule has 0 radical (unpaired) electrons. The summed E-state index contributed by atoms with van der Waals surface area (Å²) in [5.74, 6) is -1.69. The molecule has 0 atom stereocenters. The molecule has 0 spiro atoms. The van der Waals surface area contributed by atoms with Crippen LogP contribution in [0.3, 0.4) is 0 Å². The van der Waals surface area contributed by atoms with Crippen LogP contribution in [0.15, 0.2) is 23.8 Å². The van der Waals surface area contributed by atoms with Gasteiger partial charge in [-0.05, 0) is 6.07 Å². The zero-order valence-electron chi connectivity index (χ0n) is 12.4. The monoisotopic (exact) mass is 341 g/mol. The Morgan fingerprint density at radius 1 is 1.17 bits per heavy atom. The second-order valence-electron chi connectivity index (χ2n) is 5.35. The summed E-state index contributed by atoms with van der Waals surface area (Å²) in [6.07, 6.45) is 3.39. The highest BCUT2D eigenvalue weighted by Crippen LogP contribution is 2.22. The average molecular weight is 341 g/mol. The first-order valence-electron chi connectivity index (χ1n) is 7.26. The van der Waals surface area contributed by atoms with E-state index >= 15 is 0 Å². The number of alkyl halides is 2. The summed E-state index contributed by atoms with van der Waals surface area (Å²) in [7, 11) is 0. The van der Waals surface area contributed by atoms with Crippen LogP contribution in [0, 0.1) is 0 Å². The number of halogens is 2. The predicted octanol–water partition coefficient (Wildman–Crippen LogP) is 1.35. The van der Waals surface area contributed by atoms with E-state index in [-0.39, 0.29) is 0 Å². The van der Waals surface area contributed by atoms with Gasteiger partial charge in [0.25, 0.3) is 5.92 Å². The van der Waals surface area contributed by atoms with E-state index in [2.05, 4.69) is 15.0 Å². The Labute approximate surface area is 136 Å². The van der Waals surface area contributed by atoms with Crippen molar-refractivity contribution >= 4 is 17.2 Å². The van der Waals surface area contributed by atoms with Gasteiger partial charge in [0.05, 0.1) is 6.54 Å². The molecular formula is C14H17F2N5OS. The highest BCUT2D eigenvalue weighted by molar-refractivity contribution is 7.12. The van der Waals surface area contributed by atoms with E-state index in [0.717, 1.165) is 10.8 Å². The van der Waals surface area contributed by atoms with E-state index in [0.29, 0.717) is 32.0 Å². The quantitative estimate of drug-likeness (QED) is 0.886. The normalized spacial score (nSPS) is 16.7. The van der Waals surface area contributed by atoms with Crippen molar-refractivity contribution < 1.29 is 13.9 Å². The highest BCUT2D eigenvalue weighted by Gasteiger charge is 2.32. The molecular weight excluding hydrogens is 324 g/mol. The lowest BCUT2D eigenvalue weighted by atomic mass is 10.2. The summed E-state index contributed by atoms with van der Waals surface area (Å²) >= 11 is 1.47. The molecule has 0 bridgehead atoms. The fourth-order valence-corrected chi connectivity index (χ4v) is 3.05. The fourth-order valence-electron chi connectivity index (χ4n) is 2.47. The second kappa shape index (κ2) is 6.81. The van der Waals surface area contributed by atoms with Gasteiger partial charge < -0.3 is 10.0 Å². The van der Waals surface area contributed by atoms with Crippen molar-refractivity contribution in [2.24, 2.45) is 0 Å². The van der Waals surface area contributed by atoms with Crippen molar-refractivity contribution in [2.45, 2.75) is 5.92 Å². The Kier molecular flexibility index (Phi) is 4.79. The molecule has 23 heavy (non-hydrogen) atoms. The van der Waals surface area contributed by atoms with Gasteiger partial charge in [0.15, 0.2) is 10.8 Å². The summed E-state index contributed by atoms with van der Waals surface area (Å²) in [6.45, 7) is 0.700. The standard InChI is InChI=1S/C14H17F2N5OS/c15-14(16,10-22)9-20-4-6-21(7-5-20)11-1-2-17-12(19-11)13-18-3-8-23-13/h1-3,8,22H,4-7,9-10H2. The topological polar surface area (TPSA) is 65.4 Å². The van der Waals surface area contributed by atoms with Crippen molar-refractivity contribution in [3.8, 4) is 10.8 Å². The van der Waals surface area contributed by atoms with Gasteiger partial charge in [0, 0.05) is 44.0 Å². The number of hydrogen-bond acceptors (Lipinski definition) is 7. The Morgan fingerprint density at radius 2 is 1.96 bits per heavy atom. The van der Waals surface area contributed by atoms with Crippen LogP contribution >= 0.6 is 11.3 Å². The fraction of sp³-hybridized carbons (Fsp3) is 0.500. The van der Waals surface area contributed by atoms with Crippen LogP contribution in [0.1, 0.15) is 0 Å². The van der Waals surface area contributed by atoms with Crippen LogP contribution in [0.2, 0.25) is 0 Å². The van der Waals surface area contributed by atoms with Crippen LogP contribution in [0.5, 0.6) is 0 Å². The zero-order valence-corrected chi connectivity index (χ0v) is 13.2. The minimum Gasteiger partial charge on any atom is -0.390 e. The molecule has 6 nitrogen and oxygen atoms in total. The first-order valence-corrected chi connectivity index (χ1v) is 8.14. The number of nitrogens with zero attached hydrogens (tertiary/aromatic N) is 5. The summed E-state index contributed by atoms with van der Waals surface area (Å²) in [5.41, 5.74) is 0. The van der Waals surface area contributed by atoms with Crippen LogP contribution in [-0.4, -0.2) is 70.2 Å². The molecule has 2 aromatic rings. The van der Waals surface area contributed by atoms with Crippen molar-refractivity contribution in [3.63, 3.8) is 0 Å². The van der Waals surface area contributed by atoms with Gasteiger partial charge in [-0.15, -0.1) is 11.3 Å². The van der Waals surface area contributed by atoms with E-state index < -0.39 is 19.1 Å². The molecule has 9 heteroatoms. The van der Waals surface area contributed by atoms with E-state index in [1.165, 1.54) is 11.3 Å². The number of aliphatic hydroxyl groups is 1. The number of anilines is 1. The Bertz CT molecular complexity index is 632. The smallest absolute Gasteiger partial charge is 0.283 e. The van der Waals surface area contributed by atoms with Gasteiger partial charge in [-0.25, -0.2) is 23.7 Å². The molecule has 0 amide bonds. The molecule has 3 heterocycles. The Hall–Kier alpha value is -1.71. The number of aromatic nitrogens is 3. The molecule has 0 unspecified atom stereocenters. The van der Waals surface area contributed by atoms with Crippen molar-refractivity contribution in [3.05, 3.63) is 23.8 Å². The van der Waals surface area contributed by atoms with E-state index in [9.17, 15) is 8.78 Å². The van der Waals surface area contributed by atoms with Gasteiger partial charge in [0.1, 0.15) is 12.4 Å². The third-order valence-electron chi connectivity index (χ3n) is 3.65. The number of hydrogen-bond donors (Lipinski definition) is 1. The maximum Gasteiger partial charge on any atom is 0.283 e. The molecule has 1 fully saturated rings. The van der Waals surface area contributed by atoms with Crippen molar-refractivity contribution in [2.75, 3.05) is 44.2 Å². The van der Waals surface area contributed by atoms with E-state index in [1.54, 1.807) is 17.3 Å². The predicted molar refractivity (Wildman–Crippen MR) is 83.8 cm³/mol. The number of aliphatic hydroxyl groups excluding tert-OH is 1. The van der Waals surface area contributed by atoms with Gasteiger partial charge in [-0.2, -0.15) is 0 Å². The van der Waals surface area contributed by atoms with Gasteiger partial charge >= 0.3 is 0 Å². The lowest BCUT2D eigenvalue weighted by Crippen LogP contribution is -2.50. The van der Waals surface area contributed by atoms with Crippen LogP contribution in [-0.2, 0) is 0 Å². The molecule has 1 saturated heterocycles. The van der Waals surface area contributed by atoms with Crippen LogP contribution < -0.4 is 4.90 Å². The lowest BCUT2D eigenvalue weighted by Gasteiger charge is -2.36. The minimum atomic E-state index is -3.05. The minimum absolute atomic E-state index is 0.411. The molecule has 1 aliphatic rings. The SMILES string of the molecule is OCC(F)(F)CN1CCN(c2ccnc(-c3nccs3)n2)CC1. The van der Waals surface area contributed by atoms with E-state index in [1.807, 2.05) is 16.3 Å². The lowest BCUT2D eigenvalue weighted by molar-refractivity contribution is -0.0733. The molecule has 1 N–H and O–H groups in total. The third-order valence-corrected chi connectivity index (χ3v) is 4.42. The summed E-state index contributed by atoms with van der Waals surface area (Å²) < 4.78 is 26.5. The third kappa shape index (κ3) is 3.98. The first kappa shape index (κ1) is 16.2. The first-order chi connectivity index (χ1) is 11.1. The molecule has 1 aliphatic heterocycles. The maximum absolute atomic E-state index is 13.2. The molecule has 124 valence electrons.